The van der Waals surface area contributed by atoms with E-state index in [2.05, 4.69) is 224 Å². The topological polar surface area (TPSA) is 24.4 Å². The highest BCUT2D eigenvalue weighted by Gasteiger charge is 2.53. The van der Waals surface area contributed by atoms with Crippen LogP contribution in [0.2, 0.25) is 0 Å². The Kier molecular flexibility index (Phi) is 8.18. The van der Waals surface area contributed by atoms with E-state index in [0.717, 1.165) is 24.1 Å². The van der Waals surface area contributed by atoms with Crippen LogP contribution in [0.1, 0.15) is 46.2 Å². The molecule has 1 spiro atoms. The lowest BCUT2D eigenvalue weighted by molar-refractivity contribution is 0.394. The molecule has 0 radical (unpaired) electrons. The summed E-state index contributed by atoms with van der Waals surface area (Å²) in [5.41, 5.74) is 21.3. The van der Waals surface area contributed by atoms with Crippen molar-refractivity contribution in [3.63, 3.8) is 0 Å². The number of rotatable bonds is 5. The maximum absolute atomic E-state index is 5.48. The molecule has 0 amide bonds. The molecule has 1 N–H and O–H groups in total. The van der Waals surface area contributed by atoms with Gasteiger partial charge in [0.15, 0.2) is 0 Å². The summed E-state index contributed by atoms with van der Waals surface area (Å²) in [6.45, 7) is 0. The van der Waals surface area contributed by atoms with Gasteiger partial charge in [0.2, 0.25) is 0 Å². The van der Waals surface area contributed by atoms with E-state index in [-0.39, 0.29) is 18.0 Å². The van der Waals surface area contributed by atoms with E-state index in [1.165, 1.54) is 94.4 Å². The molecule has 3 unspecified atom stereocenters. The molecule has 2 nitrogen and oxygen atoms in total. The number of fused-ring (bicyclic) bond motifs is 13. The number of allylic oxidation sites excluding steroid dienone is 12. The fourth-order valence-corrected chi connectivity index (χ4v) is 11.7. The van der Waals surface area contributed by atoms with Gasteiger partial charge in [0.05, 0.1) is 11.1 Å². The lowest BCUT2D eigenvalue weighted by Crippen LogP contribution is -2.41. The average Bonchev–Trinajstić information content (AvgIpc) is 3.84. The second kappa shape index (κ2) is 14.3. The van der Waals surface area contributed by atoms with Crippen molar-refractivity contribution in [1.82, 2.24) is 5.32 Å². The van der Waals surface area contributed by atoms with Gasteiger partial charge >= 0.3 is 0 Å². The number of aliphatic imine (C=N–C) groups is 1. The van der Waals surface area contributed by atoms with Gasteiger partial charge in [-0.2, -0.15) is 0 Å². The molecule has 1 heterocycles. The molecular formula is C61H44N2. The van der Waals surface area contributed by atoms with Crippen LogP contribution in [-0.4, -0.2) is 11.9 Å². The molecule has 3 atom stereocenters. The number of nitrogens with zero attached hydrogens (tertiary/aromatic N) is 1. The summed E-state index contributed by atoms with van der Waals surface area (Å²) in [5.74, 6) is 0.263. The van der Waals surface area contributed by atoms with Gasteiger partial charge in [0.1, 0.15) is 6.17 Å². The van der Waals surface area contributed by atoms with Crippen LogP contribution in [0.25, 0.3) is 49.7 Å². The first-order valence-corrected chi connectivity index (χ1v) is 22.5. The van der Waals surface area contributed by atoms with Crippen LogP contribution in [0.15, 0.2) is 240 Å². The summed E-state index contributed by atoms with van der Waals surface area (Å²) in [5, 5.41) is 6.52. The molecule has 0 saturated carbocycles. The third-order valence-corrected chi connectivity index (χ3v) is 14.4. The second-order valence-electron chi connectivity index (χ2n) is 17.6. The summed E-state index contributed by atoms with van der Waals surface area (Å²) < 4.78 is 0. The summed E-state index contributed by atoms with van der Waals surface area (Å²) in [7, 11) is 0. The first-order chi connectivity index (χ1) is 31.3. The van der Waals surface area contributed by atoms with Crippen molar-refractivity contribution in [3.05, 3.63) is 269 Å². The highest BCUT2D eigenvalue weighted by atomic mass is 15.1. The molecule has 0 aromatic heterocycles. The number of nitrogens with one attached hydrogen (secondary N) is 1. The van der Waals surface area contributed by atoms with E-state index in [1.54, 1.807) is 0 Å². The summed E-state index contributed by atoms with van der Waals surface area (Å²) >= 11 is 0. The SMILES string of the molecule is C1=CCCC(C2=CC(c3ccccc3)=NC(C3C=CC(c4ccc5c(c4)C4(c6ccccc6-c6ccccc64)c4c-5c(-c5ccccc5)cc5ccccc45)=C4C=CC=CC43)N2)=C1. The fourth-order valence-electron chi connectivity index (χ4n) is 11.7. The molecule has 6 aliphatic rings. The largest absolute Gasteiger partial charge is 0.363 e. The minimum absolute atomic E-state index is 0.116. The van der Waals surface area contributed by atoms with Crippen LogP contribution in [0, 0.1) is 11.8 Å². The molecular weight excluding hydrogens is 761 g/mol. The lowest BCUT2D eigenvalue weighted by Gasteiger charge is -2.37. The maximum atomic E-state index is 5.48. The van der Waals surface area contributed by atoms with E-state index in [9.17, 15) is 0 Å². The maximum Gasteiger partial charge on any atom is 0.126 e. The molecule has 63 heavy (non-hydrogen) atoms. The van der Waals surface area contributed by atoms with Gasteiger partial charge in [0, 0.05) is 17.5 Å². The van der Waals surface area contributed by atoms with E-state index in [4.69, 9.17) is 4.99 Å². The first kappa shape index (κ1) is 36.1. The zero-order valence-electron chi connectivity index (χ0n) is 34.9. The number of hydrogen-bond acceptors (Lipinski definition) is 2. The minimum atomic E-state index is -0.508. The van der Waals surface area contributed by atoms with Gasteiger partial charge < -0.3 is 5.32 Å². The molecule has 2 heteroatoms. The second-order valence-corrected chi connectivity index (χ2v) is 17.6. The van der Waals surface area contributed by atoms with Crippen LogP contribution < -0.4 is 5.32 Å². The zero-order chi connectivity index (χ0) is 41.5. The molecule has 1 aliphatic heterocycles. The predicted octanol–water partition coefficient (Wildman–Crippen LogP) is 14.1. The molecule has 7 aromatic rings. The third kappa shape index (κ3) is 5.41. The van der Waals surface area contributed by atoms with Gasteiger partial charge in [-0.05, 0) is 125 Å². The Labute approximate surface area is 369 Å². The molecule has 7 aromatic carbocycles. The van der Waals surface area contributed by atoms with Crippen LogP contribution in [0.5, 0.6) is 0 Å². The van der Waals surface area contributed by atoms with Crippen LogP contribution in [0.4, 0.5) is 0 Å². The zero-order valence-corrected chi connectivity index (χ0v) is 34.9. The minimum Gasteiger partial charge on any atom is -0.363 e. The van der Waals surface area contributed by atoms with Gasteiger partial charge in [0.25, 0.3) is 0 Å². The van der Waals surface area contributed by atoms with Crippen LogP contribution in [-0.2, 0) is 5.41 Å². The van der Waals surface area contributed by atoms with Gasteiger partial charge in [-0.3, -0.25) is 4.99 Å². The first-order valence-electron chi connectivity index (χ1n) is 22.5. The van der Waals surface area contributed by atoms with E-state index < -0.39 is 5.41 Å². The van der Waals surface area contributed by atoms with Crippen molar-refractivity contribution in [2.24, 2.45) is 16.8 Å². The smallest absolute Gasteiger partial charge is 0.126 e. The van der Waals surface area contributed by atoms with Crippen molar-refractivity contribution in [2.75, 3.05) is 0 Å². The van der Waals surface area contributed by atoms with Crippen molar-refractivity contribution < 1.29 is 0 Å². The van der Waals surface area contributed by atoms with Gasteiger partial charge in [-0.1, -0.05) is 200 Å². The van der Waals surface area contributed by atoms with E-state index in [1.807, 2.05) is 0 Å². The van der Waals surface area contributed by atoms with Crippen molar-refractivity contribution in [1.29, 1.82) is 0 Å². The standard InChI is InChI=1S/C61H44N2/c1-4-18-39(19-5-1)52-36-42-24-10-11-25-45(42)59-58(52)51-33-32-43(37-55(51)61(59)53-30-16-14-28-48(53)49-29-15-17-31-54(49)61)44-34-35-50(47-27-13-12-26-46(44)47)60-62-56(40-20-6-2-7-21-40)38-57(63-60)41-22-8-3-9-23-41/h1-8,10-22,24-38,47,50,60,63H,9,23H2. The Morgan fingerprint density at radius 1 is 0.571 bits per heavy atom. The summed E-state index contributed by atoms with van der Waals surface area (Å²) in [6, 6.07) is 58.9. The van der Waals surface area contributed by atoms with Crippen molar-refractivity contribution >= 4 is 22.1 Å². The fraction of sp³-hybridized carbons (Fsp3) is 0.0984. The highest BCUT2D eigenvalue weighted by Crippen LogP contribution is 2.66. The Bertz CT molecular complexity index is 3270. The van der Waals surface area contributed by atoms with Gasteiger partial charge in [-0.25, -0.2) is 0 Å². The van der Waals surface area contributed by atoms with Gasteiger partial charge in [-0.15, -0.1) is 0 Å². The Balaban J connectivity index is 1.00. The number of hydrogen-bond donors (Lipinski definition) is 1. The Hall–Kier alpha value is -7.55. The molecule has 0 fully saturated rings. The lowest BCUT2D eigenvalue weighted by atomic mass is 9.68. The quantitative estimate of drug-likeness (QED) is 0.184. The molecule has 13 rings (SSSR count). The van der Waals surface area contributed by atoms with Crippen molar-refractivity contribution in [2.45, 2.75) is 24.4 Å². The summed E-state index contributed by atoms with van der Waals surface area (Å²) in [6.07, 6.45) is 24.9. The molecule has 298 valence electrons. The van der Waals surface area contributed by atoms with Crippen LogP contribution in [0.3, 0.4) is 0 Å². The van der Waals surface area contributed by atoms with E-state index in [0.29, 0.717) is 0 Å². The number of benzene rings is 7. The molecule has 0 saturated heterocycles. The average molecular weight is 805 g/mol. The molecule has 5 aliphatic carbocycles. The van der Waals surface area contributed by atoms with E-state index >= 15 is 0 Å². The van der Waals surface area contributed by atoms with Crippen molar-refractivity contribution in [3.8, 4) is 33.4 Å². The highest BCUT2D eigenvalue weighted by molar-refractivity contribution is 6.11. The molecule has 0 bridgehead atoms. The third-order valence-electron chi connectivity index (χ3n) is 14.4. The predicted molar refractivity (Wildman–Crippen MR) is 261 cm³/mol. The Morgan fingerprint density at radius 2 is 1.30 bits per heavy atom. The summed E-state index contributed by atoms with van der Waals surface area (Å²) in [4.78, 5) is 5.48. The monoisotopic (exact) mass is 804 g/mol. The normalized spacial score (nSPS) is 20.6. The van der Waals surface area contributed by atoms with Crippen LogP contribution >= 0.6 is 0 Å². The Morgan fingerprint density at radius 3 is 2.08 bits per heavy atom.